The molecule has 0 radical (unpaired) electrons. The van der Waals surface area contributed by atoms with Crippen molar-refractivity contribution in [2.75, 3.05) is 70.5 Å². The maximum absolute atomic E-state index is 11.1. The van der Waals surface area contributed by atoms with Gasteiger partial charge in [-0.2, -0.15) is 9.97 Å². The van der Waals surface area contributed by atoms with Crippen molar-refractivity contribution in [1.29, 1.82) is 0 Å². The second-order valence-electron chi connectivity index (χ2n) is 9.61. The molecule has 0 saturated carbocycles. The van der Waals surface area contributed by atoms with Gasteiger partial charge in [-0.3, -0.25) is 0 Å². The number of nitrogens with zero attached hydrogens (tertiary/aromatic N) is 7. The van der Waals surface area contributed by atoms with Crippen molar-refractivity contribution in [1.82, 2.24) is 29.9 Å². The molecule has 12 heteroatoms. The molecule has 1 saturated heterocycles. The molecule has 3 aromatic rings. The van der Waals surface area contributed by atoms with E-state index in [1.165, 1.54) is 5.69 Å². The van der Waals surface area contributed by atoms with E-state index in [-0.39, 0.29) is 17.9 Å². The van der Waals surface area contributed by atoms with Gasteiger partial charge in [0.1, 0.15) is 11.3 Å². The summed E-state index contributed by atoms with van der Waals surface area (Å²) in [5.74, 6) is 1.76. The van der Waals surface area contributed by atoms with Crippen LogP contribution in [0.5, 0.6) is 5.88 Å². The fraction of sp³-hybridized carbons (Fsp3) is 0.640. The third-order valence-corrected chi connectivity index (χ3v) is 7.36. The second-order valence-corrected chi connectivity index (χ2v) is 9.61. The molecule has 1 atom stereocenters. The number of aromatic nitrogens is 6. The normalized spacial score (nSPS) is 18.4. The molecule has 2 N–H and O–H groups in total. The molecular weight excluding hydrogens is 476 g/mol. The molecule has 200 valence electrons. The predicted octanol–water partition coefficient (Wildman–Crippen LogP) is 1.84. The van der Waals surface area contributed by atoms with Gasteiger partial charge >= 0.3 is 0 Å². The molecule has 12 nitrogen and oxygen atoms in total. The Morgan fingerprint density at radius 3 is 2.46 bits per heavy atom. The number of hydrogen-bond acceptors (Lipinski definition) is 11. The molecule has 3 aromatic heterocycles. The zero-order valence-electron chi connectivity index (χ0n) is 21.8. The highest BCUT2D eigenvalue weighted by molar-refractivity contribution is 5.90. The number of anilines is 2. The van der Waals surface area contributed by atoms with Crippen LogP contribution in [0, 0.1) is 0 Å². The average Bonchev–Trinajstić information content (AvgIpc) is 3.41. The van der Waals surface area contributed by atoms with Crippen molar-refractivity contribution in [2.45, 2.75) is 44.1 Å². The van der Waals surface area contributed by atoms with Crippen molar-refractivity contribution in [2.24, 2.45) is 0 Å². The predicted molar refractivity (Wildman–Crippen MR) is 138 cm³/mol. The minimum absolute atomic E-state index is 0.0674. The molecule has 1 aliphatic carbocycles. The third kappa shape index (κ3) is 5.46. The van der Waals surface area contributed by atoms with Crippen molar-refractivity contribution in [3.63, 3.8) is 0 Å². The lowest BCUT2D eigenvalue weighted by Crippen LogP contribution is -2.38. The van der Waals surface area contributed by atoms with Gasteiger partial charge in [0.15, 0.2) is 11.3 Å². The number of aryl methyl sites for hydroxylation is 1. The van der Waals surface area contributed by atoms with E-state index in [0.29, 0.717) is 54.9 Å². The SMILES string of the molecule is COCCN(CCOC)c1nc(N2CCC(OC)CC2)c2nc(C3CCc4[nH]cnc4C3)nc(O)c2n1. The molecule has 1 aliphatic heterocycles. The molecule has 0 bridgehead atoms. The number of imidazole rings is 1. The molecule has 0 aromatic carbocycles. The van der Waals surface area contributed by atoms with Gasteiger partial charge in [-0.25, -0.2) is 15.0 Å². The molecule has 0 spiro atoms. The van der Waals surface area contributed by atoms with Crippen LogP contribution in [0.4, 0.5) is 11.8 Å². The summed E-state index contributed by atoms with van der Waals surface area (Å²) in [6.45, 7) is 3.76. The van der Waals surface area contributed by atoms with Crippen LogP contribution in [0.2, 0.25) is 0 Å². The number of rotatable bonds is 10. The Labute approximate surface area is 216 Å². The van der Waals surface area contributed by atoms with Crippen LogP contribution in [0.1, 0.15) is 42.4 Å². The molecule has 5 rings (SSSR count). The Kier molecular flexibility index (Phi) is 7.96. The maximum Gasteiger partial charge on any atom is 0.241 e. The molecular formula is C25H36N8O4. The van der Waals surface area contributed by atoms with Crippen molar-refractivity contribution >= 4 is 22.8 Å². The molecule has 1 unspecified atom stereocenters. The minimum Gasteiger partial charge on any atom is -0.492 e. The van der Waals surface area contributed by atoms with Gasteiger partial charge in [-0.15, -0.1) is 0 Å². The number of methoxy groups -OCH3 is 3. The van der Waals surface area contributed by atoms with Crippen LogP contribution in [-0.4, -0.2) is 102 Å². The van der Waals surface area contributed by atoms with E-state index in [1.54, 1.807) is 27.7 Å². The van der Waals surface area contributed by atoms with Gasteiger partial charge in [-0.1, -0.05) is 0 Å². The highest BCUT2D eigenvalue weighted by Gasteiger charge is 2.29. The van der Waals surface area contributed by atoms with E-state index in [4.69, 9.17) is 29.2 Å². The van der Waals surface area contributed by atoms with Crippen molar-refractivity contribution < 1.29 is 19.3 Å². The lowest BCUT2D eigenvalue weighted by atomic mass is 9.89. The number of ether oxygens (including phenoxy) is 3. The van der Waals surface area contributed by atoms with Crippen LogP contribution >= 0.6 is 0 Å². The van der Waals surface area contributed by atoms with E-state index in [0.717, 1.165) is 50.9 Å². The molecule has 37 heavy (non-hydrogen) atoms. The number of piperidine rings is 1. The highest BCUT2D eigenvalue weighted by atomic mass is 16.5. The first-order valence-electron chi connectivity index (χ1n) is 12.9. The number of fused-ring (bicyclic) bond motifs is 2. The number of nitrogens with one attached hydrogen (secondary N) is 1. The van der Waals surface area contributed by atoms with Gasteiger partial charge in [0.2, 0.25) is 11.8 Å². The first kappa shape index (κ1) is 25.6. The first-order chi connectivity index (χ1) is 18.1. The topological polar surface area (TPSA) is 135 Å². The van der Waals surface area contributed by atoms with Crippen LogP contribution in [0.15, 0.2) is 6.33 Å². The summed E-state index contributed by atoms with van der Waals surface area (Å²) in [5.41, 5.74) is 3.14. The Bertz CT molecular complexity index is 1190. The summed E-state index contributed by atoms with van der Waals surface area (Å²) in [5, 5.41) is 11.1. The van der Waals surface area contributed by atoms with E-state index in [9.17, 15) is 5.11 Å². The summed E-state index contributed by atoms with van der Waals surface area (Å²) in [6, 6.07) is 0. The second kappa shape index (κ2) is 11.5. The van der Waals surface area contributed by atoms with Crippen molar-refractivity contribution in [3.05, 3.63) is 23.5 Å². The minimum atomic E-state index is -0.122. The smallest absolute Gasteiger partial charge is 0.241 e. The molecule has 0 amide bonds. The monoisotopic (exact) mass is 512 g/mol. The van der Waals surface area contributed by atoms with E-state index >= 15 is 0 Å². The number of hydrogen-bond donors (Lipinski definition) is 2. The summed E-state index contributed by atoms with van der Waals surface area (Å²) in [6.07, 6.45) is 6.25. The summed E-state index contributed by atoms with van der Waals surface area (Å²) in [7, 11) is 5.09. The van der Waals surface area contributed by atoms with Gasteiger partial charge < -0.3 is 34.1 Å². The van der Waals surface area contributed by atoms with Crippen molar-refractivity contribution in [3.8, 4) is 5.88 Å². The summed E-state index contributed by atoms with van der Waals surface area (Å²) >= 11 is 0. The van der Waals surface area contributed by atoms with Crippen LogP contribution in [0.3, 0.4) is 0 Å². The Hall–Kier alpha value is -3.09. The standard InChI is InChI=1S/C25H36N8O4/c1-35-12-10-33(11-13-36-2)25-29-21-20(23(31-25)32-8-6-17(37-3)7-9-32)28-22(30-24(21)34)16-4-5-18-19(14-16)27-15-26-18/h15-17H,4-14H2,1-3H3,(H,26,27)(H,28,30,34). The first-order valence-corrected chi connectivity index (χ1v) is 12.9. The van der Waals surface area contributed by atoms with Crippen LogP contribution in [0.25, 0.3) is 11.0 Å². The maximum atomic E-state index is 11.1. The van der Waals surface area contributed by atoms with Gasteiger partial charge in [-0.05, 0) is 25.7 Å². The number of H-pyrrole nitrogens is 1. The number of aromatic amines is 1. The highest BCUT2D eigenvalue weighted by Crippen LogP contribution is 2.35. The zero-order valence-corrected chi connectivity index (χ0v) is 21.8. The Balaban J connectivity index is 1.56. The van der Waals surface area contributed by atoms with Gasteiger partial charge in [0, 0.05) is 65.5 Å². The van der Waals surface area contributed by atoms with E-state index in [1.807, 2.05) is 4.90 Å². The summed E-state index contributed by atoms with van der Waals surface area (Å²) in [4.78, 5) is 31.2. The quantitative estimate of drug-likeness (QED) is 0.412. The lowest BCUT2D eigenvalue weighted by molar-refractivity contribution is 0.0818. The molecule has 1 fully saturated rings. The Morgan fingerprint density at radius 1 is 1.00 bits per heavy atom. The molecule has 2 aliphatic rings. The fourth-order valence-electron chi connectivity index (χ4n) is 5.17. The average molecular weight is 513 g/mol. The fourth-order valence-corrected chi connectivity index (χ4v) is 5.17. The number of aromatic hydroxyl groups is 1. The zero-order chi connectivity index (χ0) is 25.8. The molecule has 4 heterocycles. The largest absolute Gasteiger partial charge is 0.492 e. The van der Waals surface area contributed by atoms with E-state index in [2.05, 4.69) is 19.9 Å². The van der Waals surface area contributed by atoms with Gasteiger partial charge in [0.25, 0.3) is 0 Å². The summed E-state index contributed by atoms with van der Waals surface area (Å²) < 4.78 is 16.2. The van der Waals surface area contributed by atoms with Crippen LogP contribution in [-0.2, 0) is 27.1 Å². The lowest BCUT2D eigenvalue weighted by Gasteiger charge is -2.33. The van der Waals surface area contributed by atoms with E-state index < -0.39 is 0 Å². The Morgan fingerprint density at radius 2 is 1.76 bits per heavy atom. The third-order valence-electron chi connectivity index (χ3n) is 7.36. The van der Waals surface area contributed by atoms with Gasteiger partial charge in [0.05, 0.1) is 31.3 Å². The van der Waals surface area contributed by atoms with Crippen LogP contribution < -0.4 is 9.80 Å².